The van der Waals surface area contributed by atoms with Crippen LogP contribution < -0.4 is 10.6 Å². The zero-order valence-electron chi connectivity index (χ0n) is 13.9. The van der Waals surface area contributed by atoms with Crippen molar-refractivity contribution in [3.63, 3.8) is 0 Å². The smallest absolute Gasteiger partial charge is 0.126 e. The van der Waals surface area contributed by atoms with E-state index in [1.165, 1.54) is 16.6 Å². The van der Waals surface area contributed by atoms with Crippen LogP contribution in [0.3, 0.4) is 0 Å². The maximum Gasteiger partial charge on any atom is 0.126 e. The van der Waals surface area contributed by atoms with Crippen molar-refractivity contribution in [3.8, 4) is 0 Å². The van der Waals surface area contributed by atoms with Crippen molar-refractivity contribution in [2.24, 2.45) is 0 Å². The van der Waals surface area contributed by atoms with Gasteiger partial charge in [0.25, 0.3) is 0 Å². The van der Waals surface area contributed by atoms with Gasteiger partial charge in [0, 0.05) is 49.4 Å². The molecule has 1 aliphatic heterocycles. The lowest BCUT2D eigenvalue weighted by Gasteiger charge is -2.39. The summed E-state index contributed by atoms with van der Waals surface area (Å²) in [5.41, 5.74) is 9.63. The molecule has 2 aromatic heterocycles. The van der Waals surface area contributed by atoms with E-state index in [2.05, 4.69) is 50.7 Å². The molecular weight excluding hydrogens is 316 g/mol. The number of pyridine rings is 1. The first-order valence-corrected chi connectivity index (χ1v) is 9.33. The molecule has 2 N–H and O–H groups in total. The van der Waals surface area contributed by atoms with Crippen LogP contribution in [0.25, 0.3) is 10.9 Å². The van der Waals surface area contributed by atoms with E-state index in [4.69, 9.17) is 5.73 Å². The third kappa shape index (κ3) is 2.85. The molecule has 1 unspecified atom stereocenters. The predicted octanol–water partition coefficient (Wildman–Crippen LogP) is 3.76. The van der Waals surface area contributed by atoms with Gasteiger partial charge in [0.2, 0.25) is 0 Å². The molecule has 1 fully saturated rings. The highest BCUT2D eigenvalue weighted by atomic mass is 32.1. The number of benzene rings is 1. The van der Waals surface area contributed by atoms with Gasteiger partial charge < -0.3 is 10.6 Å². The molecule has 1 saturated heterocycles. The van der Waals surface area contributed by atoms with Gasteiger partial charge in [0.15, 0.2) is 0 Å². The molecular formula is C19H22N4S. The first kappa shape index (κ1) is 15.4. The van der Waals surface area contributed by atoms with Crippen LogP contribution >= 0.6 is 11.3 Å². The average molecular weight is 338 g/mol. The summed E-state index contributed by atoms with van der Waals surface area (Å²) in [6.07, 6.45) is 0. The molecule has 5 heteroatoms. The molecule has 1 aliphatic rings. The second kappa shape index (κ2) is 6.42. The van der Waals surface area contributed by atoms with E-state index in [1.54, 1.807) is 11.3 Å². The third-order valence-corrected chi connectivity index (χ3v) is 5.64. The maximum absolute atomic E-state index is 6.02. The highest BCUT2D eigenvalue weighted by Crippen LogP contribution is 2.30. The fourth-order valence-corrected chi connectivity index (χ4v) is 4.26. The summed E-state index contributed by atoms with van der Waals surface area (Å²) in [5, 5.41) is 5.60. The minimum absolute atomic E-state index is 0.484. The second-order valence-corrected chi connectivity index (χ2v) is 7.12. The second-order valence-electron chi connectivity index (χ2n) is 6.34. The van der Waals surface area contributed by atoms with Crippen molar-refractivity contribution in [2.75, 3.05) is 36.8 Å². The van der Waals surface area contributed by atoms with Crippen molar-refractivity contribution in [1.29, 1.82) is 0 Å². The number of anilines is 2. The van der Waals surface area contributed by atoms with Crippen LogP contribution in [-0.4, -0.2) is 36.1 Å². The molecule has 1 atom stereocenters. The quantitative estimate of drug-likeness (QED) is 0.790. The molecule has 124 valence electrons. The van der Waals surface area contributed by atoms with Crippen molar-refractivity contribution < 1.29 is 0 Å². The average Bonchev–Trinajstić information content (AvgIpc) is 3.15. The Balaban J connectivity index is 1.54. The van der Waals surface area contributed by atoms with Gasteiger partial charge in [0.1, 0.15) is 5.82 Å². The van der Waals surface area contributed by atoms with Gasteiger partial charge in [-0.25, -0.2) is 4.98 Å². The van der Waals surface area contributed by atoms with Crippen LogP contribution in [-0.2, 0) is 0 Å². The summed E-state index contributed by atoms with van der Waals surface area (Å²) >= 11 is 1.77. The Hall–Kier alpha value is -2.11. The fraction of sp³-hybridized carbons (Fsp3) is 0.316. The van der Waals surface area contributed by atoms with Gasteiger partial charge in [-0.1, -0.05) is 18.2 Å². The molecule has 4 rings (SSSR count). The lowest BCUT2D eigenvalue weighted by Crippen LogP contribution is -2.47. The predicted molar refractivity (Wildman–Crippen MR) is 103 cm³/mol. The highest BCUT2D eigenvalue weighted by molar-refractivity contribution is 7.07. The lowest BCUT2D eigenvalue weighted by molar-refractivity contribution is 0.199. The van der Waals surface area contributed by atoms with E-state index < -0.39 is 0 Å². The SMILES string of the molecule is CC(c1ccsc1)N1CCN(c2cc(N)nc3ccccc23)CC1. The van der Waals surface area contributed by atoms with Gasteiger partial charge in [-0.05, 0) is 35.4 Å². The van der Waals surface area contributed by atoms with E-state index in [1.807, 2.05) is 18.2 Å². The largest absolute Gasteiger partial charge is 0.384 e. The molecule has 4 nitrogen and oxygen atoms in total. The fourth-order valence-electron chi connectivity index (χ4n) is 3.51. The van der Waals surface area contributed by atoms with E-state index in [0.717, 1.165) is 31.7 Å². The molecule has 3 heterocycles. The van der Waals surface area contributed by atoms with Gasteiger partial charge in [-0.3, -0.25) is 4.90 Å². The van der Waals surface area contributed by atoms with Crippen molar-refractivity contribution >= 4 is 33.7 Å². The molecule has 0 spiro atoms. The van der Waals surface area contributed by atoms with E-state index >= 15 is 0 Å². The summed E-state index contributed by atoms with van der Waals surface area (Å²) in [6.45, 7) is 6.46. The number of piperazine rings is 1. The monoisotopic (exact) mass is 338 g/mol. The first-order valence-electron chi connectivity index (χ1n) is 8.39. The summed E-state index contributed by atoms with van der Waals surface area (Å²) in [5.74, 6) is 0.595. The highest BCUT2D eigenvalue weighted by Gasteiger charge is 2.23. The Morgan fingerprint density at radius 2 is 1.92 bits per heavy atom. The third-order valence-electron chi connectivity index (χ3n) is 4.94. The van der Waals surface area contributed by atoms with Gasteiger partial charge in [-0.15, -0.1) is 0 Å². The number of hydrogen-bond acceptors (Lipinski definition) is 5. The Morgan fingerprint density at radius 1 is 1.12 bits per heavy atom. The van der Waals surface area contributed by atoms with Crippen LogP contribution in [0.5, 0.6) is 0 Å². The van der Waals surface area contributed by atoms with Crippen LogP contribution in [0.2, 0.25) is 0 Å². The number of thiophene rings is 1. The topological polar surface area (TPSA) is 45.4 Å². The van der Waals surface area contributed by atoms with E-state index in [9.17, 15) is 0 Å². The lowest BCUT2D eigenvalue weighted by atomic mass is 10.1. The Kier molecular flexibility index (Phi) is 4.12. The van der Waals surface area contributed by atoms with E-state index in [0.29, 0.717) is 11.9 Å². The number of nitrogen functional groups attached to an aromatic ring is 1. The summed E-state index contributed by atoms with van der Waals surface area (Å²) < 4.78 is 0. The number of para-hydroxylation sites is 1. The summed E-state index contributed by atoms with van der Waals surface area (Å²) in [6, 6.07) is 13.0. The Labute approximate surface area is 146 Å². The number of nitrogens with two attached hydrogens (primary N) is 1. The summed E-state index contributed by atoms with van der Waals surface area (Å²) in [4.78, 5) is 9.45. The van der Waals surface area contributed by atoms with Crippen molar-refractivity contribution in [3.05, 3.63) is 52.7 Å². The molecule has 0 bridgehead atoms. The zero-order valence-corrected chi connectivity index (χ0v) is 14.7. The minimum Gasteiger partial charge on any atom is -0.384 e. The summed E-state index contributed by atoms with van der Waals surface area (Å²) in [7, 11) is 0. The molecule has 3 aromatic rings. The van der Waals surface area contributed by atoms with Crippen LogP contribution in [0.15, 0.2) is 47.2 Å². The minimum atomic E-state index is 0.484. The molecule has 0 radical (unpaired) electrons. The first-order chi connectivity index (χ1) is 11.7. The Bertz CT molecular complexity index is 823. The normalized spacial score (nSPS) is 17.3. The van der Waals surface area contributed by atoms with E-state index in [-0.39, 0.29) is 0 Å². The number of hydrogen-bond donors (Lipinski definition) is 1. The number of aromatic nitrogens is 1. The molecule has 0 saturated carbocycles. The number of nitrogens with zero attached hydrogens (tertiary/aromatic N) is 3. The standard InChI is InChI=1S/C19H22N4S/c1-14(15-6-11-24-13-15)22-7-9-23(10-8-22)18-12-19(20)21-17-5-3-2-4-16(17)18/h2-6,11-14H,7-10H2,1H3,(H2,20,21). The Morgan fingerprint density at radius 3 is 2.67 bits per heavy atom. The zero-order chi connectivity index (χ0) is 16.5. The number of fused-ring (bicyclic) bond motifs is 1. The van der Waals surface area contributed by atoms with Crippen LogP contribution in [0, 0.1) is 0 Å². The van der Waals surface area contributed by atoms with Crippen molar-refractivity contribution in [1.82, 2.24) is 9.88 Å². The van der Waals surface area contributed by atoms with Crippen LogP contribution in [0.1, 0.15) is 18.5 Å². The molecule has 0 aliphatic carbocycles. The number of rotatable bonds is 3. The van der Waals surface area contributed by atoms with Gasteiger partial charge in [0.05, 0.1) is 5.52 Å². The molecule has 0 amide bonds. The molecule has 1 aromatic carbocycles. The molecule has 24 heavy (non-hydrogen) atoms. The maximum atomic E-state index is 6.02. The van der Waals surface area contributed by atoms with Gasteiger partial charge in [-0.2, -0.15) is 11.3 Å². The van der Waals surface area contributed by atoms with Crippen molar-refractivity contribution in [2.45, 2.75) is 13.0 Å². The van der Waals surface area contributed by atoms with Crippen LogP contribution in [0.4, 0.5) is 11.5 Å². The van der Waals surface area contributed by atoms with Gasteiger partial charge >= 0.3 is 0 Å².